The summed E-state index contributed by atoms with van der Waals surface area (Å²) >= 11 is 0. The van der Waals surface area contributed by atoms with Gasteiger partial charge in [-0.25, -0.2) is 0 Å². The molecule has 1 N–H and O–H groups in total. The summed E-state index contributed by atoms with van der Waals surface area (Å²) in [6.45, 7) is 5.97. The van der Waals surface area contributed by atoms with Gasteiger partial charge in [-0.1, -0.05) is 12.0 Å². The van der Waals surface area contributed by atoms with E-state index in [0.29, 0.717) is 6.04 Å². The predicted octanol–water partition coefficient (Wildman–Crippen LogP) is 2.26. The zero-order valence-electron chi connectivity index (χ0n) is 8.76. The van der Waals surface area contributed by atoms with Crippen LogP contribution in [0.5, 0.6) is 0 Å². The number of hydrogen-bond donors (Lipinski definition) is 1. The molecule has 1 fully saturated rings. The molecule has 0 aliphatic heterocycles. The van der Waals surface area contributed by atoms with Crippen molar-refractivity contribution in [3.05, 3.63) is 11.6 Å². The third kappa shape index (κ3) is 3.21. The van der Waals surface area contributed by atoms with E-state index in [1.165, 1.54) is 19.3 Å². The zero-order valence-corrected chi connectivity index (χ0v) is 8.76. The predicted molar refractivity (Wildman–Crippen MR) is 54.4 cm³/mol. The van der Waals surface area contributed by atoms with Crippen molar-refractivity contribution in [2.24, 2.45) is 5.92 Å². The highest BCUT2D eigenvalue weighted by Gasteiger charge is 2.24. The van der Waals surface area contributed by atoms with Crippen LogP contribution in [0.2, 0.25) is 0 Å². The third-order valence-electron chi connectivity index (χ3n) is 2.65. The van der Waals surface area contributed by atoms with E-state index in [1.54, 1.807) is 6.08 Å². The van der Waals surface area contributed by atoms with E-state index in [-0.39, 0.29) is 5.91 Å². The maximum Gasteiger partial charge on any atom is 0.244 e. The van der Waals surface area contributed by atoms with Gasteiger partial charge in [0.2, 0.25) is 5.91 Å². The molecule has 74 valence electrons. The topological polar surface area (TPSA) is 29.1 Å². The molecular formula is C11H19NO. The Morgan fingerprint density at radius 1 is 1.46 bits per heavy atom. The Bertz CT molecular complexity index is 212. The molecule has 0 unspecified atom stereocenters. The van der Waals surface area contributed by atoms with Crippen molar-refractivity contribution in [2.75, 3.05) is 0 Å². The zero-order chi connectivity index (χ0) is 9.84. The standard InChI is InChI=1S/C11H19NO/c1-8(2)7-11(13)12-9(3)10-5-4-6-10/h7,9-10H,4-6H2,1-3H3,(H,12,13)/t9-/m1/s1. The molecule has 1 saturated carbocycles. The minimum atomic E-state index is 0.0550. The van der Waals surface area contributed by atoms with Gasteiger partial charge in [-0.05, 0) is 39.5 Å². The van der Waals surface area contributed by atoms with Gasteiger partial charge in [0, 0.05) is 12.1 Å². The molecule has 1 aliphatic rings. The van der Waals surface area contributed by atoms with Crippen molar-refractivity contribution in [3.8, 4) is 0 Å². The van der Waals surface area contributed by atoms with Crippen LogP contribution in [0.1, 0.15) is 40.0 Å². The molecule has 0 aromatic rings. The normalized spacial score (nSPS) is 18.7. The lowest BCUT2D eigenvalue weighted by atomic mass is 9.80. The van der Waals surface area contributed by atoms with E-state index in [0.717, 1.165) is 11.5 Å². The molecule has 0 saturated heterocycles. The van der Waals surface area contributed by atoms with E-state index < -0.39 is 0 Å². The fourth-order valence-corrected chi connectivity index (χ4v) is 1.59. The van der Waals surface area contributed by atoms with Gasteiger partial charge in [-0.3, -0.25) is 4.79 Å². The van der Waals surface area contributed by atoms with E-state index in [9.17, 15) is 4.79 Å². The number of carbonyl (C=O) groups excluding carboxylic acids is 1. The van der Waals surface area contributed by atoms with Crippen LogP contribution in [-0.2, 0) is 4.79 Å². The summed E-state index contributed by atoms with van der Waals surface area (Å²) in [6, 6.07) is 0.344. The Balaban J connectivity index is 2.30. The van der Waals surface area contributed by atoms with Crippen molar-refractivity contribution in [2.45, 2.75) is 46.1 Å². The molecule has 0 bridgehead atoms. The number of rotatable bonds is 3. The Hall–Kier alpha value is -0.790. The number of allylic oxidation sites excluding steroid dienone is 1. The molecule has 0 radical (unpaired) electrons. The Labute approximate surface area is 80.4 Å². The van der Waals surface area contributed by atoms with E-state index in [2.05, 4.69) is 12.2 Å². The Morgan fingerprint density at radius 2 is 2.08 bits per heavy atom. The molecule has 13 heavy (non-hydrogen) atoms. The third-order valence-corrected chi connectivity index (χ3v) is 2.65. The van der Waals surface area contributed by atoms with E-state index in [1.807, 2.05) is 13.8 Å². The lowest BCUT2D eigenvalue weighted by Gasteiger charge is -2.31. The number of nitrogens with one attached hydrogen (secondary N) is 1. The van der Waals surface area contributed by atoms with Crippen LogP contribution in [0.15, 0.2) is 11.6 Å². The summed E-state index contributed by atoms with van der Waals surface area (Å²) in [5, 5.41) is 3.00. The first-order valence-corrected chi connectivity index (χ1v) is 5.05. The average molecular weight is 181 g/mol. The fraction of sp³-hybridized carbons (Fsp3) is 0.727. The molecular weight excluding hydrogens is 162 g/mol. The lowest BCUT2D eigenvalue weighted by Crippen LogP contribution is -2.40. The second-order valence-electron chi connectivity index (χ2n) is 4.21. The van der Waals surface area contributed by atoms with Crippen LogP contribution < -0.4 is 5.32 Å². The van der Waals surface area contributed by atoms with Gasteiger partial charge in [0.05, 0.1) is 0 Å². The molecule has 0 spiro atoms. The summed E-state index contributed by atoms with van der Waals surface area (Å²) in [7, 11) is 0. The minimum absolute atomic E-state index is 0.0550. The number of amides is 1. The monoisotopic (exact) mass is 181 g/mol. The Kier molecular flexibility index (Phi) is 3.52. The maximum atomic E-state index is 11.3. The molecule has 1 amide bonds. The summed E-state index contributed by atoms with van der Waals surface area (Å²) in [5.74, 6) is 0.772. The average Bonchev–Trinajstić information content (AvgIpc) is 1.78. The van der Waals surface area contributed by atoms with Crippen molar-refractivity contribution >= 4 is 5.91 Å². The quantitative estimate of drug-likeness (QED) is 0.665. The highest BCUT2D eigenvalue weighted by molar-refractivity contribution is 5.88. The van der Waals surface area contributed by atoms with E-state index >= 15 is 0 Å². The van der Waals surface area contributed by atoms with Gasteiger partial charge in [0.1, 0.15) is 0 Å². The summed E-state index contributed by atoms with van der Waals surface area (Å²) < 4.78 is 0. The summed E-state index contributed by atoms with van der Waals surface area (Å²) in [5.41, 5.74) is 1.05. The molecule has 0 heterocycles. The summed E-state index contributed by atoms with van der Waals surface area (Å²) in [6.07, 6.45) is 5.54. The molecule has 1 aliphatic carbocycles. The number of carbonyl (C=O) groups is 1. The van der Waals surface area contributed by atoms with Crippen LogP contribution in [0.25, 0.3) is 0 Å². The summed E-state index contributed by atoms with van der Waals surface area (Å²) in [4.78, 5) is 11.3. The van der Waals surface area contributed by atoms with Crippen molar-refractivity contribution in [1.29, 1.82) is 0 Å². The second kappa shape index (κ2) is 4.45. The first-order valence-electron chi connectivity index (χ1n) is 5.05. The van der Waals surface area contributed by atoms with Crippen molar-refractivity contribution in [3.63, 3.8) is 0 Å². The molecule has 0 aromatic carbocycles. The first-order chi connectivity index (χ1) is 6.09. The molecule has 1 atom stereocenters. The highest BCUT2D eigenvalue weighted by Crippen LogP contribution is 2.29. The van der Waals surface area contributed by atoms with Gasteiger partial charge in [0.25, 0.3) is 0 Å². The molecule has 0 aromatic heterocycles. The highest BCUT2D eigenvalue weighted by atomic mass is 16.1. The van der Waals surface area contributed by atoms with Gasteiger partial charge in [-0.2, -0.15) is 0 Å². The number of hydrogen-bond acceptors (Lipinski definition) is 1. The maximum absolute atomic E-state index is 11.3. The van der Waals surface area contributed by atoms with Gasteiger partial charge >= 0.3 is 0 Å². The van der Waals surface area contributed by atoms with Gasteiger partial charge in [0.15, 0.2) is 0 Å². The van der Waals surface area contributed by atoms with Crippen LogP contribution in [0.4, 0.5) is 0 Å². The minimum Gasteiger partial charge on any atom is -0.350 e. The van der Waals surface area contributed by atoms with Gasteiger partial charge < -0.3 is 5.32 Å². The molecule has 1 rings (SSSR count). The van der Waals surface area contributed by atoms with Crippen LogP contribution >= 0.6 is 0 Å². The second-order valence-corrected chi connectivity index (χ2v) is 4.21. The smallest absolute Gasteiger partial charge is 0.244 e. The van der Waals surface area contributed by atoms with E-state index in [4.69, 9.17) is 0 Å². The Morgan fingerprint density at radius 3 is 2.46 bits per heavy atom. The van der Waals surface area contributed by atoms with Crippen molar-refractivity contribution in [1.82, 2.24) is 5.32 Å². The molecule has 2 nitrogen and oxygen atoms in total. The van der Waals surface area contributed by atoms with Crippen molar-refractivity contribution < 1.29 is 4.79 Å². The van der Waals surface area contributed by atoms with Crippen LogP contribution in [0.3, 0.4) is 0 Å². The largest absolute Gasteiger partial charge is 0.350 e. The SMILES string of the molecule is CC(C)=CC(=O)N[C@H](C)C1CCC1. The first kappa shape index (κ1) is 10.3. The van der Waals surface area contributed by atoms with Gasteiger partial charge in [-0.15, -0.1) is 0 Å². The van der Waals surface area contributed by atoms with Crippen LogP contribution in [-0.4, -0.2) is 11.9 Å². The fourth-order valence-electron chi connectivity index (χ4n) is 1.59. The van der Waals surface area contributed by atoms with Crippen LogP contribution in [0, 0.1) is 5.92 Å². The lowest BCUT2D eigenvalue weighted by molar-refractivity contribution is -0.117. The molecule has 2 heteroatoms.